The molecule has 154 valence electrons. The average Bonchev–Trinajstić information content (AvgIpc) is 2.73. The van der Waals surface area contributed by atoms with Gasteiger partial charge in [0.15, 0.2) is 6.61 Å². The van der Waals surface area contributed by atoms with Gasteiger partial charge in [0.25, 0.3) is 5.91 Å². The molecule has 0 atom stereocenters. The second-order valence-electron chi connectivity index (χ2n) is 7.47. The number of amides is 1. The SMILES string of the molecule is CC(=O)OCC(=O)N1CCN(S(=O)(=O)c2ccc(C3CCCCC3)cc2)CC1. The van der Waals surface area contributed by atoms with Crippen molar-refractivity contribution in [3.8, 4) is 0 Å². The van der Waals surface area contributed by atoms with Crippen molar-refractivity contribution in [2.75, 3.05) is 32.8 Å². The molecule has 2 fully saturated rings. The van der Waals surface area contributed by atoms with Gasteiger partial charge in [-0.25, -0.2) is 8.42 Å². The number of hydrogen-bond acceptors (Lipinski definition) is 5. The van der Waals surface area contributed by atoms with Gasteiger partial charge in [0.05, 0.1) is 4.90 Å². The molecule has 1 aliphatic heterocycles. The lowest BCUT2D eigenvalue weighted by Crippen LogP contribution is -2.51. The van der Waals surface area contributed by atoms with Crippen LogP contribution in [0.4, 0.5) is 0 Å². The highest BCUT2D eigenvalue weighted by atomic mass is 32.2. The summed E-state index contributed by atoms with van der Waals surface area (Å²) >= 11 is 0. The van der Waals surface area contributed by atoms with Crippen LogP contribution in [0, 0.1) is 0 Å². The summed E-state index contributed by atoms with van der Waals surface area (Å²) in [5.74, 6) is -0.271. The summed E-state index contributed by atoms with van der Waals surface area (Å²) < 4.78 is 32.0. The summed E-state index contributed by atoms with van der Waals surface area (Å²) in [5.41, 5.74) is 1.22. The molecule has 8 heteroatoms. The smallest absolute Gasteiger partial charge is 0.303 e. The van der Waals surface area contributed by atoms with Gasteiger partial charge in [-0.3, -0.25) is 9.59 Å². The first-order valence-corrected chi connectivity index (χ1v) is 11.3. The van der Waals surface area contributed by atoms with E-state index in [-0.39, 0.29) is 25.6 Å². The van der Waals surface area contributed by atoms with Crippen LogP contribution in [0.5, 0.6) is 0 Å². The Hall–Kier alpha value is -1.93. The van der Waals surface area contributed by atoms with Crippen LogP contribution >= 0.6 is 0 Å². The molecule has 1 heterocycles. The monoisotopic (exact) mass is 408 g/mol. The quantitative estimate of drug-likeness (QED) is 0.697. The van der Waals surface area contributed by atoms with E-state index in [0.29, 0.717) is 23.9 Å². The molecule has 0 N–H and O–H groups in total. The van der Waals surface area contributed by atoms with Gasteiger partial charge in [0.1, 0.15) is 0 Å². The van der Waals surface area contributed by atoms with E-state index in [1.54, 1.807) is 12.1 Å². The molecule has 2 aliphatic rings. The number of ether oxygens (including phenoxy) is 1. The molecule has 1 saturated heterocycles. The minimum atomic E-state index is -3.57. The van der Waals surface area contributed by atoms with Gasteiger partial charge in [0, 0.05) is 33.1 Å². The van der Waals surface area contributed by atoms with Crippen LogP contribution in [0.15, 0.2) is 29.2 Å². The molecule has 0 bridgehead atoms. The van der Waals surface area contributed by atoms with Crippen LogP contribution in [0.1, 0.15) is 50.5 Å². The predicted octanol–water partition coefficient (Wildman–Crippen LogP) is 2.13. The predicted molar refractivity (Wildman–Crippen MR) is 104 cm³/mol. The highest BCUT2D eigenvalue weighted by Gasteiger charge is 2.30. The fourth-order valence-electron chi connectivity index (χ4n) is 3.93. The van der Waals surface area contributed by atoms with Crippen molar-refractivity contribution in [3.63, 3.8) is 0 Å². The highest BCUT2D eigenvalue weighted by Crippen LogP contribution is 2.33. The van der Waals surface area contributed by atoms with Crippen LogP contribution in [-0.4, -0.2) is 62.3 Å². The average molecular weight is 409 g/mol. The summed E-state index contributed by atoms with van der Waals surface area (Å²) in [4.78, 5) is 24.6. The lowest BCUT2D eigenvalue weighted by Gasteiger charge is -2.34. The minimum Gasteiger partial charge on any atom is -0.456 e. The second-order valence-corrected chi connectivity index (χ2v) is 9.41. The van der Waals surface area contributed by atoms with E-state index in [2.05, 4.69) is 0 Å². The Morgan fingerprint density at radius 1 is 1.00 bits per heavy atom. The van der Waals surface area contributed by atoms with Crippen molar-refractivity contribution >= 4 is 21.9 Å². The molecule has 1 aromatic rings. The number of hydrogen-bond donors (Lipinski definition) is 0. The Labute approximate surface area is 166 Å². The van der Waals surface area contributed by atoms with Crippen molar-refractivity contribution in [2.45, 2.75) is 49.8 Å². The highest BCUT2D eigenvalue weighted by molar-refractivity contribution is 7.89. The van der Waals surface area contributed by atoms with Crippen LogP contribution in [0.2, 0.25) is 0 Å². The van der Waals surface area contributed by atoms with E-state index < -0.39 is 16.0 Å². The molecule has 0 unspecified atom stereocenters. The lowest BCUT2D eigenvalue weighted by atomic mass is 9.84. The maximum atomic E-state index is 12.9. The standard InChI is InChI=1S/C20H28N2O5S/c1-16(23)27-15-20(24)21-11-13-22(14-12-21)28(25,26)19-9-7-18(8-10-19)17-5-3-2-4-6-17/h7-10,17H,2-6,11-15H2,1H3. The molecule has 7 nitrogen and oxygen atoms in total. The minimum absolute atomic E-state index is 0.235. The molecule has 28 heavy (non-hydrogen) atoms. The number of carbonyl (C=O) groups is 2. The first kappa shape index (κ1) is 20.8. The van der Waals surface area contributed by atoms with Gasteiger partial charge < -0.3 is 9.64 Å². The number of carbonyl (C=O) groups excluding carboxylic acids is 2. The van der Waals surface area contributed by atoms with E-state index in [1.165, 1.54) is 53.8 Å². The Morgan fingerprint density at radius 2 is 1.61 bits per heavy atom. The summed E-state index contributed by atoms with van der Waals surface area (Å²) in [6, 6.07) is 7.30. The van der Waals surface area contributed by atoms with Crippen LogP contribution in [0.25, 0.3) is 0 Å². The molecule has 0 aromatic heterocycles. The van der Waals surface area contributed by atoms with E-state index in [1.807, 2.05) is 12.1 Å². The van der Waals surface area contributed by atoms with Gasteiger partial charge in [0.2, 0.25) is 10.0 Å². The van der Waals surface area contributed by atoms with Gasteiger partial charge >= 0.3 is 5.97 Å². The molecular weight excluding hydrogens is 380 g/mol. The zero-order valence-electron chi connectivity index (χ0n) is 16.3. The number of piperazine rings is 1. The summed E-state index contributed by atoms with van der Waals surface area (Å²) in [6.45, 7) is 2.00. The first-order chi connectivity index (χ1) is 13.4. The summed E-state index contributed by atoms with van der Waals surface area (Å²) in [5, 5.41) is 0. The van der Waals surface area contributed by atoms with Crippen LogP contribution in [-0.2, 0) is 24.3 Å². The van der Waals surface area contributed by atoms with E-state index in [9.17, 15) is 18.0 Å². The third kappa shape index (κ3) is 4.91. The summed E-state index contributed by atoms with van der Waals surface area (Å²) in [6.07, 6.45) is 6.12. The maximum absolute atomic E-state index is 12.9. The van der Waals surface area contributed by atoms with Gasteiger partial charge in [-0.1, -0.05) is 31.4 Å². The molecule has 1 aromatic carbocycles. The largest absolute Gasteiger partial charge is 0.456 e. The Bertz CT molecular complexity index is 792. The van der Waals surface area contributed by atoms with Crippen molar-refractivity contribution in [1.82, 2.24) is 9.21 Å². The van der Waals surface area contributed by atoms with Crippen molar-refractivity contribution in [1.29, 1.82) is 0 Å². The summed E-state index contributed by atoms with van der Waals surface area (Å²) in [7, 11) is -3.57. The fourth-order valence-corrected chi connectivity index (χ4v) is 5.35. The van der Waals surface area contributed by atoms with Crippen LogP contribution in [0.3, 0.4) is 0 Å². The molecule has 1 saturated carbocycles. The second kappa shape index (κ2) is 9.05. The van der Waals surface area contributed by atoms with Crippen molar-refractivity contribution in [2.24, 2.45) is 0 Å². The molecule has 1 amide bonds. The molecule has 0 radical (unpaired) electrons. The molecular formula is C20H28N2O5S. The zero-order valence-corrected chi connectivity index (χ0v) is 17.1. The number of nitrogens with zero attached hydrogens (tertiary/aromatic N) is 2. The third-order valence-corrected chi connectivity index (χ3v) is 7.50. The fraction of sp³-hybridized carbons (Fsp3) is 0.600. The van der Waals surface area contributed by atoms with E-state index in [0.717, 1.165) is 0 Å². The first-order valence-electron chi connectivity index (χ1n) is 9.89. The maximum Gasteiger partial charge on any atom is 0.303 e. The molecule has 3 rings (SSSR count). The van der Waals surface area contributed by atoms with Crippen molar-refractivity contribution in [3.05, 3.63) is 29.8 Å². The molecule has 0 spiro atoms. The van der Waals surface area contributed by atoms with Crippen LogP contribution < -0.4 is 0 Å². The number of sulfonamides is 1. The third-order valence-electron chi connectivity index (χ3n) is 5.58. The van der Waals surface area contributed by atoms with Gasteiger partial charge in [-0.05, 0) is 36.5 Å². The van der Waals surface area contributed by atoms with Crippen molar-refractivity contribution < 1.29 is 22.7 Å². The molecule has 1 aliphatic carbocycles. The topological polar surface area (TPSA) is 84.0 Å². The van der Waals surface area contributed by atoms with E-state index in [4.69, 9.17) is 4.74 Å². The van der Waals surface area contributed by atoms with Gasteiger partial charge in [-0.15, -0.1) is 0 Å². The lowest BCUT2D eigenvalue weighted by molar-refractivity contribution is -0.150. The Morgan fingerprint density at radius 3 is 2.18 bits per heavy atom. The Balaban J connectivity index is 1.59. The van der Waals surface area contributed by atoms with Gasteiger partial charge in [-0.2, -0.15) is 4.31 Å². The number of rotatable bonds is 5. The van der Waals surface area contributed by atoms with E-state index >= 15 is 0 Å². The zero-order chi connectivity index (χ0) is 20.1. The number of benzene rings is 1. The Kier molecular flexibility index (Phi) is 6.72. The normalized spacial score (nSPS) is 19.4. The number of esters is 1.